The van der Waals surface area contributed by atoms with Crippen molar-refractivity contribution >= 4 is 21.9 Å². The third-order valence-corrected chi connectivity index (χ3v) is 7.66. The van der Waals surface area contributed by atoms with Crippen molar-refractivity contribution in [3.05, 3.63) is 83.1 Å². The molecule has 1 saturated carbocycles. The number of anilines is 1. The van der Waals surface area contributed by atoms with Gasteiger partial charge in [0.1, 0.15) is 0 Å². The molecule has 5 rings (SSSR count). The molecule has 0 radical (unpaired) electrons. The van der Waals surface area contributed by atoms with Gasteiger partial charge in [-0.25, -0.2) is 0 Å². The number of nitrogens with one attached hydrogen (secondary N) is 1. The molecule has 2 aliphatic carbocycles. The number of allylic oxidation sites excluding steroid dienone is 1. The van der Waals surface area contributed by atoms with Gasteiger partial charge in [-0.15, -0.1) is 5.10 Å². The van der Waals surface area contributed by atoms with Crippen LogP contribution in [0.2, 0.25) is 0 Å². The molecule has 30 heavy (non-hydrogen) atoms. The largest absolute Gasteiger partial charge is 0.365 e. The van der Waals surface area contributed by atoms with E-state index in [0.29, 0.717) is 18.3 Å². The van der Waals surface area contributed by atoms with Gasteiger partial charge in [-0.1, -0.05) is 67.1 Å². The van der Waals surface area contributed by atoms with Crippen LogP contribution in [0.25, 0.3) is 6.08 Å². The molecule has 1 heterocycles. The van der Waals surface area contributed by atoms with Crippen LogP contribution in [0.1, 0.15) is 42.1 Å². The molecule has 2 aromatic carbocycles. The lowest BCUT2D eigenvalue weighted by atomic mass is 9.75. The number of aryl methyl sites for hydroxylation is 1. The highest BCUT2D eigenvalue weighted by molar-refractivity contribution is 7.89. The number of fused-ring (bicyclic) bond motifs is 1. The Bertz CT molecular complexity index is 1220. The zero-order valence-electron chi connectivity index (χ0n) is 17.2. The number of rotatable bonds is 5. The summed E-state index contributed by atoms with van der Waals surface area (Å²) < 4.78 is 28.3. The lowest BCUT2D eigenvalue weighted by Crippen LogP contribution is -2.28. The first kappa shape index (κ1) is 19.1. The molecule has 0 bridgehead atoms. The minimum atomic E-state index is -3.79. The second-order valence-corrected chi connectivity index (χ2v) is 10.3. The van der Waals surface area contributed by atoms with Crippen molar-refractivity contribution in [2.24, 2.45) is 0 Å². The van der Waals surface area contributed by atoms with Gasteiger partial charge in [0.25, 0.3) is 10.0 Å². The van der Waals surface area contributed by atoms with Crippen LogP contribution in [-0.2, 0) is 21.9 Å². The Morgan fingerprint density at radius 2 is 1.77 bits per heavy atom. The number of hydrogen-bond donors (Lipinski definition) is 1. The first-order valence-corrected chi connectivity index (χ1v) is 11.8. The van der Waals surface area contributed by atoms with E-state index in [-0.39, 0.29) is 10.3 Å². The fourth-order valence-corrected chi connectivity index (χ4v) is 5.33. The Hall–Kier alpha value is -2.86. The second-order valence-electron chi connectivity index (χ2n) is 8.58. The second kappa shape index (κ2) is 6.84. The molecule has 0 aliphatic heterocycles. The first-order valence-electron chi connectivity index (χ1n) is 10.3. The van der Waals surface area contributed by atoms with Crippen LogP contribution in [0.4, 0.5) is 5.82 Å². The molecule has 3 aromatic rings. The van der Waals surface area contributed by atoms with Crippen molar-refractivity contribution in [1.29, 1.82) is 0 Å². The molecule has 1 atom stereocenters. The highest BCUT2D eigenvalue weighted by Crippen LogP contribution is 2.40. The zero-order valence-corrected chi connectivity index (χ0v) is 18.0. The highest BCUT2D eigenvalue weighted by atomic mass is 32.2. The summed E-state index contributed by atoms with van der Waals surface area (Å²) in [5.41, 5.74) is 3.49. The molecule has 6 heteroatoms. The van der Waals surface area contributed by atoms with Gasteiger partial charge in [0.2, 0.25) is 0 Å². The monoisotopic (exact) mass is 419 g/mol. The summed E-state index contributed by atoms with van der Waals surface area (Å²) in [5, 5.41) is 7.98. The van der Waals surface area contributed by atoms with E-state index in [2.05, 4.69) is 35.5 Å². The molecule has 5 nitrogen and oxygen atoms in total. The molecule has 0 spiro atoms. The summed E-state index contributed by atoms with van der Waals surface area (Å²) in [6, 6.07) is 17.5. The van der Waals surface area contributed by atoms with E-state index in [1.807, 2.05) is 43.3 Å². The number of benzene rings is 2. The van der Waals surface area contributed by atoms with Crippen LogP contribution in [0.15, 0.2) is 65.6 Å². The maximum atomic E-state index is 13.5. The van der Waals surface area contributed by atoms with Crippen LogP contribution in [-0.4, -0.2) is 23.6 Å². The minimum absolute atomic E-state index is 0.257. The SMILES string of the molecule is Cc1ccc(S(=O)(=O)n2nc(NC3CC3)c3c2CC(C)(c2ccccc2)C=C3)cc1. The number of nitrogens with zero attached hydrogens (tertiary/aromatic N) is 2. The quantitative estimate of drug-likeness (QED) is 0.660. The molecule has 1 aromatic heterocycles. The summed E-state index contributed by atoms with van der Waals surface area (Å²) in [6.45, 7) is 4.09. The van der Waals surface area contributed by atoms with Crippen molar-refractivity contribution in [2.45, 2.75) is 49.5 Å². The van der Waals surface area contributed by atoms with Crippen LogP contribution in [0.3, 0.4) is 0 Å². The predicted molar refractivity (Wildman–Crippen MR) is 119 cm³/mol. The lowest BCUT2D eigenvalue weighted by Gasteiger charge is -2.30. The van der Waals surface area contributed by atoms with E-state index in [1.165, 1.54) is 4.09 Å². The molecule has 1 fully saturated rings. The molecule has 154 valence electrons. The maximum absolute atomic E-state index is 13.5. The van der Waals surface area contributed by atoms with Crippen LogP contribution in [0.5, 0.6) is 0 Å². The number of hydrogen-bond acceptors (Lipinski definition) is 4. The van der Waals surface area contributed by atoms with Crippen LogP contribution < -0.4 is 5.32 Å². The fraction of sp³-hybridized carbons (Fsp3) is 0.292. The van der Waals surface area contributed by atoms with Gasteiger partial charge in [-0.3, -0.25) is 0 Å². The van der Waals surface area contributed by atoms with Crippen molar-refractivity contribution in [1.82, 2.24) is 9.19 Å². The van der Waals surface area contributed by atoms with E-state index in [9.17, 15) is 8.42 Å². The van der Waals surface area contributed by atoms with Gasteiger partial charge < -0.3 is 5.32 Å². The predicted octanol–water partition coefficient (Wildman–Crippen LogP) is 4.53. The molecule has 1 unspecified atom stereocenters. The van der Waals surface area contributed by atoms with Gasteiger partial charge in [-0.2, -0.15) is 12.5 Å². The summed E-state index contributed by atoms with van der Waals surface area (Å²) in [5.74, 6) is 0.662. The molecular weight excluding hydrogens is 394 g/mol. The molecule has 0 saturated heterocycles. The van der Waals surface area contributed by atoms with Gasteiger partial charge in [0.15, 0.2) is 5.82 Å². The van der Waals surface area contributed by atoms with Gasteiger partial charge in [0, 0.05) is 23.4 Å². The topological polar surface area (TPSA) is 64.0 Å². The van der Waals surface area contributed by atoms with E-state index in [1.54, 1.807) is 12.1 Å². The first-order chi connectivity index (χ1) is 14.4. The smallest absolute Gasteiger partial charge is 0.283 e. The third kappa shape index (κ3) is 3.25. The summed E-state index contributed by atoms with van der Waals surface area (Å²) in [6.07, 6.45) is 6.96. The summed E-state index contributed by atoms with van der Waals surface area (Å²) >= 11 is 0. The van der Waals surface area contributed by atoms with Crippen molar-refractivity contribution in [2.75, 3.05) is 5.32 Å². The van der Waals surface area contributed by atoms with E-state index in [4.69, 9.17) is 0 Å². The van der Waals surface area contributed by atoms with E-state index < -0.39 is 10.0 Å². The highest BCUT2D eigenvalue weighted by Gasteiger charge is 2.36. The Morgan fingerprint density at radius 1 is 1.07 bits per heavy atom. The van der Waals surface area contributed by atoms with Gasteiger partial charge in [0.05, 0.1) is 10.6 Å². The van der Waals surface area contributed by atoms with E-state index >= 15 is 0 Å². The standard InChI is InChI=1S/C24H25N3O2S/c1-17-8-12-20(13-9-17)30(28,29)27-22-16-24(2,18-6-4-3-5-7-18)15-14-21(22)23(26-27)25-19-10-11-19/h3-9,12-15,19H,10-11,16H2,1-2H3,(H,25,26). The Labute approximate surface area is 177 Å². The maximum Gasteiger partial charge on any atom is 0.283 e. The van der Waals surface area contributed by atoms with Crippen LogP contribution >= 0.6 is 0 Å². The average Bonchev–Trinajstić information content (AvgIpc) is 3.49. The Morgan fingerprint density at radius 3 is 2.43 bits per heavy atom. The average molecular weight is 420 g/mol. The van der Waals surface area contributed by atoms with E-state index in [0.717, 1.165) is 35.2 Å². The molecule has 2 aliphatic rings. The van der Waals surface area contributed by atoms with Crippen molar-refractivity contribution in [3.8, 4) is 0 Å². The van der Waals surface area contributed by atoms with Crippen molar-refractivity contribution in [3.63, 3.8) is 0 Å². The minimum Gasteiger partial charge on any atom is -0.365 e. The zero-order chi connectivity index (χ0) is 20.9. The Kier molecular flexibility index (Phi) is 4.36. The van der Waals surface area contributed by atoms with Gasteiger partial charge >= 0.3 is 0 Å². The molecular formula is C24H25N3O2S. The summed E-state index contributed by atoms with van der Waals surface area (Å²) in [7, 11) is -3.79. The normalized spacial score (nSPS) is 20.7. The Balaban J connectivity index is 1.64. The number of aromatic nitrogens is 2. The molecule has 1 N–H and O–H groups in total. The summed E-state index contributed by atoms with van der Waals surface area (Å²) in [4.78, 5) is 0.257. The van der Waals surface area contributed by atoms with Crippen LogP contribution in [0, 0.1) is 6.92 Å². The third-order valence-electron chi connectivity index (χ3n) is 6.04. The lowest BCUT2D eigenvalue weighted by molar-refractivity contribution is 0.550. The van der Waals surface area contributed by atoms with Crippen molar-refractivity contribution < 1.29 is 8.42 Å². The van der Waals surface area contributed by atoms with Gasteiger partial charge in [-0.05, 0) is 37.5 Å². The molecule has 0 amide bonds. The fourth-order valence-electron chi connectivity index (χ4n) is 4.01.